The second-order valence-corrected chi connectivity index (χ2v) is 8.39. The molecule has 170 valence electrons. The molecule has 2 saturated heterocycles. The van der Waals surface area contributed by atoms with Crippen LogP contribution in [0.4, 0.5) is 5.69 Å². The van der Waals surface area contributed by atoms with Crippen molar-refractivity contribution >= 4 is 29.1 Å². The maximum absolute atomic E-state index is 13.2. The van der Waals surface area contributed by atoms with E-state index in [4.69, 9.17) is 21.1 Å². The van der Waals surface area contributed by atoms with Gasteiger partial charge in [0.15, 0.2) is 0 Å². The van der Waals surface area contributed by atoms with Gasteiger partial charge in [-0.2, -0.15) is 0 Å². The summed E-state index contributed by atoms with van der Waals surface area (Å²) in [4.78, 5) is 29.5. The number of anilines is 1. The quantitative estimate of drug-likeness (QED) is 0.691. The number of halogens is 1. The van der Waals surface area contributed by atoms with Crippen LogP contribution >= 0.6 is 11.6 Å². The first-order valence-electron chi connectivity index (χ1n) is 10.9. The predicted molar refractivity (Wildman–Crippen MR) is 123 cm³/mol. The summed E-state index contributed by atoms with van der Waals surface area (Å²) >= 11 is 6.18. The van der Waals surface area contributed by atoms with Gasteiger partial charge in [-0.05, 0) is 42.3 Å². The molecule has 0 aromatic heterocycles. The molecule has 2 aromatic carbocycles. The molecular weight excluding hydrogens is 430 g/mol. The van der Waals surface area contributed by atoms with Crippen molar-refractivity contribution in [2.24, 2.45) is 0 Å². The van der Waals surface area contributed by atoms with Crippen molar-refractivity contribution in [1.29, 1.82) is 0 Å². The predicted octanol–water partition coefficient (Wildman–Crippen LogP) is 3.28. The van der Waals surface area contributed by atoms with Crippen LogP contribution in [0, 0.1) is 0 Å². The van der Waals surface area contributed by atoms with Gasteiger partial charge >= 0.3 is 0 Å². The van der Waals surface area contributed by atoms with Gasteiger partial charge in [-0.1, -0.05) is 23.7 Å². The van der Waals surface area contributed by atoms with Gasteiger partial charge in [-0.15, -0.1) is 0 Å². The molecule has 0 aliphatic carbocycles. The van der Waals surface area contributed by atoms with Crippen LogP contribution in [0.25, 0.3) is 0 Å². The standard InChI is InChI=1S/C24H28ClN3O4/c1-31-19-7-4-17(5-8-19)22(27-11-13-32-14-12-27)16-26-24(30)20-9-6-18(25)15-21(20)28-10-2-3-23(28)29/h4-9,15,22H,2-3,10-14,16H2,1H3,(H,26,30)/t22-/m1/s1. The summed E-state index contributed by atoms with van der Waals surface area (Å²) in [6, 6.07) is 13.0. The number of nitrogens with one attached hydrogen (secondary N) is 1. The smallest absolute Gasteiger partial charge is 0.253 e. The lowest BCUT2D eigenvalue weighted by atomic mass is 10.0. The van der Waals surface area contributed by atoms with Crippen LogP contribution in [0.15, 0.2) is 42.5 Å². The zero-order valence-corrected chi connectivity index (χ0v) is 18.9. The topological polar surface area (TPSA) is 71.1 Å². The number of carbonyl (C=O) groups excluding carboxylic acids is 2. The minimum atomic E-state index is -0.219. The first-order chi connectivity index (χ1) is 15.6. The van der Waals surface area contributed by atoms with E-state index in [1.807, 2.05) is 24.3 Å². The first kappa shape index (κ1) is 22.6. The summed E-state index contributed by atoms with van der Waals surface area (Å²) < 4.78 is 10.8. The molecule has 0 spiro atoms. The van der Waals surface area contributed by atoms with Crippen molar-refractivity contribution in [2.45, 2.75) is 18.9 Å². The van der Waals surface area contributed by atoms with Gasteiger partial charge in [0.25, 0.3) is 5.91 Å². The van der Waals surface area contributed by atoms with E-state index in [-0.39, 0.29) is 17.9 Å². The summed E-state index contributed by atoms with van der Waals surface area (Å²) in [6.07, 6.45) is 1.27. The zero-order valence-electron chi connectivity index (χ0n) is 18.2. The monoisotopic (exact) mass is 457 g/mol. The van der Waals surface area contributed by atoms with E-state index >= 15 is 0 Å². The molecule has 7 nitrogen and oxygen atoms in total. The molecule has 2 fully saturated rings. The third-order valence-corrected chi connectivity index (χ3v) is 6.25. The summed E-state index contributed by atoms with van der Waals surface area (Å²) in [5, 5.41) is 3.59. The number of nitrogens with zero attached hydrogens (tertiary/aromatic N) is 2. The van der Waals surface area contributed by atoms with Crippen molar-refractivity contribution < 1.29 is 19.1 Å². The second-order valence-electron chi connectivity index (χ2n) is 7.96. The fraction of sp³-hybridized carbons (Fsp3) is 0.417. The Labute approximate surface area is 193 Å². The van der Waals surface area contributed by atoms with E-state index in [0.717, 1.165) is 30.8 Å². The molecule has 2 heterocycles. The van der Waals surface area contributed by atoms with Gasteiger partial charge in [-0.25, -0.2) is 0 Å². The highest BCUT2D eigenvalue weighted by Gasteiger charge is 2.28. The van der Waals surface area contributed by atoms with Gasteiger partial charge in [0.1, 0.15) is 5.75 Å². The fourth-order valence-corrected chi connectivity index (χ4v) is 4.45. The molecule has 2 amide bonds. The summed E-state index contributed by atoms with van der Waals surface area (Å²) in [6.45, 7) is 3.95. The number of hydrogen-bond acceptors (Lipinski definition) is 5. The average Bonchev–Trinajstić information content (AvgIpc) is 3.25. The van der Waals surface area contributed by atoms with Gasteiger partial charge < -0.3 is 19.7 Å². The van der Waals surface area contributed by atoms with Gasteiger partial charge in [0.2, 0.25) is 5.91 Å². The Kier molecular flexibility index (Phi) is 7.29. The summed E-state index contributed by atoms with van der Waals surface area (Å²) in [5.74, 6) is 0.591. The van der Waals surface area contributed by atoms with E-state index in [0.29, 0.717) is 49.0 Å². The number of ether oxygens (including phenoxy) is 2. The molecule has 0 unspecified atom stereocenters. The van der Waals surface area contributed by atoms with Gasteiger partial charge in [-0.3, -0.25) is 14.5 Å². The molecule has 4 rings (SSSR count). The summed E-state index contributed by atoms with van der Waals surface area (Å²) in [7, 11) is 1.64. The van der Waals surface area contributed by atoms with Crippen LogP contribution < -0.4 is 15.0 Å². The molecule has 1 N–H and O–H groups in total. The third kappa shape index (κ3) is 5.06. The second kappa shape index (κ2) is 10.3. The molecule has 0 radical (unpaired) electrons. The SMILES string of the molecule is COc1ccc([C@@H](CNC(=O)c2ccc(Cl)cc2N2CCCC2=O)N2CCOCC2)cc1. The maximum atomic E-state index is 13.2. The molecular formula is C24H28ClN3O4. The molecule has 2 aliphatic rings. The van der Waals surface area contributed by atoms with Crippen LogP contribution in [0.1, 0.15) is 34.8 Å². The Bertz CT molecular complexity index is 960. The van der Waals surface area contributed by atoms with Crippen molar-refractivity contribution in [3.05, 3.63) is 58.6 Å². The lowest BCUT2D eigenvalue weighted by molar-refractivity contribution is -0.117. The van der Waals surface area contributed by atoms with Crippen LogP contribution in [-0.2, 0) is 9.53 Å². The van der Waals surface area contributed by atoms with E-state index < -0.39 is 0 Å². The van der Waals surface area contributed by atoms with Crippen molar-refractivity contribution in [1.82, 2.24) is 10.2 Å². The number of amides is 2. The van der Waals surface area contributed by atoms with E-state index in [2.05, 4.69) is 10.2 Å². The van der Waals surface area contributed by atoms with Gasteiger partial charge in [0, 0.05) is 37.6 Å². The van der Waals surface area contributed by atoms with E-state index in [1.54, 1.807) is 30.2 Å². The average molecular weight is 458 g/mol. The van der Waals surface area contributed by atoms with Crippen LogP contribution in [-0.4, -0.2) is 63.2 Å². The minimum absolute atomic E-state index is 0.00192. The van der Waals surface area contributed by atoms with Crippen LogP contribution in [0.2, 0.25) is 5.02 Å². The highest BCUT2D eigenvalue weighted by molar-refractivity contribution is 6.31. The Hall–Kier alpha value is -2.61. The maximum Gasteiger partial charge on any atom is 0.253 e. The number of benzene rings is 2. The lowest BCUT2D eigenvalue weighted by Crippen LogP contribution is -2.44. The first-order valence-corrected chi connectivity index (χ1v) is 11.3. The number of hydrogen-bond donors (Lipinski definition) is 1. The summed E-state index contributed by atoms with van der Waals surface area (Å²) in [5.41, 5.74) is 2.13. The minimum Gasteiger partial charge on any atom is -0.497 e. The lowest BCUT2D eigenvalue weighted by Gasteiger charge is -2.35. The number of morpholine rings is 1. The Morgan fingerprint density at radius 3 is 2.56 bits per heavy atom. The Morgan fingerprint density at radius 1 is 1.16 bits per heavy atom. The molecule has 32 heavy (non-hydrogen) atoms. The molecule has 8 heteroatoms. The zero-order chi connectivity index (χ0) is 22.5. The molecule has 2 aromatic rings. The highest BCUT2D eigenvalue weighted by atomic mass is 35.5. The fourth-order valence-electron chi connectivity index (χ4n) is 4.28. The molecule has 0 saturated carbocycles. The Morgan fingerprint density at radius 2 is 1.91 bits per heavy atom. The number of methoxy groups -OCH3 is 1. The largest absolute Gasteiger partial charge is 0.497 e. The molecule has 1 atom stereocenters. The van der Waals surface area contributed by atoms with Crippen LogP contribution in [0.5, 0.6) is 5.75 Å². The number of rotatable bonds is 7. The van der Waals surface area contributed by atoms with Crippen LogP contribution in [0.3, 0.4) is 0 Å². The highest BCUT2D eigenvalue weighted by Crippen LogP contribution is 2.29. The molecule has 2 aliphatic heterocycles. The Balaban J connectivity index is 1.54. The van der Waals surface area contributed by atoms with Crippen molar-refractivity contribution in [3.63, 3.8) is 0 Å². The number of carbonyl (C=O) groups is 2. The van der Waals surface area contributed by atoms with Crippen molar-refractivity contribution in [2.75, 3.05) is 51.4 Å². The van der Waals surface area contributed by atoms with E-state index in [1.165, 1.54) is 0 Å². The van der Waals surface area contributed by atoms with Crippen molar-refractivity contribution in [3.8, 4) is 5.75 Å². The van der Waals surface area contributed by atoms with Gasteiger partial charge in [0.05, 0.1) is 37.6 Å². The molecule has 0 bridgehead atoms. The third-order valence-electron chi connectivity index (χ3n) is 6.01. The van der Waals surface area contributed by atoms with E-state index in [9.17, 15) is 9.59 Å². The normalized spacial score (nSPS) is 17.9.